The number of carboxylic acids is 1. The minimum atomic E-state index is -4.55. The first-order valence-electron chi connectivity index (χ1n) is 8.21. The van der Waals surface area contributed by atoms with E-state index in [0.717, 1.165) is 24.3 Å². The van der Waals surface area contributed by atoms with Gasteiger partial charge in [0.2, 0.25) is 10.0 Å². The van der Waals surface area contributed by atoms with Crippen molar-refractivity contribution in [3.63, 3.8) is 0 Å². The lowest BCUT2D eigenvalue weighted by molar-refractivity contribution is -0.140. The summed E-state index contributed by atoms with van der Waals surface area (Å²) in [6.07, 6.45) is -3.47. The molecule has 28 heavy (non-hydrogen) atoms. The third kappa shape index (κ3) is 4.26. The summed E-state index contributed by atoms with van der Waals surface area (Å²) in [6, 6.07) is 12.8. The summed E-state index contributed by atoms with van der Waals surface area (Å²) in [4.78, 5) is 11.7. The summed E-state index contributed by atoms with van der Waals surface area (Å²) >= 11 is 0. The highest BCUT2D eigenvalue weighted by Crippen LogP contribution is 2.52. The van der Waals surface area contributed by atoms with E-state index in [9.17, 15) is 31.5 Å². The second kappa shape index (κ2) is 7.06. The zero-order valence-corrected chi connectivity index (χ0v) is 15.2. The molecule has 9 heteroatoms. The zero-order chi connectivity index (χ0) is 20.6. The van der Waals surface area contributed by atoms with E-state index in [0.29, 0.717) is 11.0 Å². The number of carbonyl (C=O) groups is 1. The van der Waals surface area contributed by atoms with Crippen molar-refractivity contribution in [2.24, 2.45) is 0 Å². The van der Waals surface area contributed by atoms with Gasteiger partial charge in [0.05, 0.1) is 5.56 Å². The third-order valence-corrected chi connectivity index (χ3v) is 5.67. The molecule has 1 saturated carbocycles. The van der Waals surface area contributed by atoms with Crippen molar-refractivity contribution in [2.45, 2.75) is 24.1 Å². The molecule has 2 N–H and O–H groups in total. The standard InChI is InChI=1S/C19H16F3NO4S/c20-19(21,22)15-8-4-5-13(11-15)9-10-28(26,27)23-18(17(24)25)12-16(18)14-6-2-1-3-7-14/h1-11,16,23H,12H2,(H,24,25)/t16-,18+/m1/s1. The molecule has 0 heterocycles. The normalized spacial score (nSPS) is 22.3. The number of rotatable bonds is 6. The predicted molar refractivity (Wildman–Crippen MR) is 96.7 cm³/mol. The van der Waals surface area contributed by atoms with Crippen LogP contribution in [0.4, 0.5) is 13.2 Å². The minimum absolute atomic E-state index is 0.0278. The van der Waals surface area contributed by atoms with Crippen LogP contribution in [0.1, 0.15) is 29.0 Å². The Morgan fingerprint density at radius 2 is 1.82 bits per heavy atom. The number of halogens is 3. The highest BCUT2D eigenvalue weighted by Gasteiger charge is 2.63. The SMILES string of the molecule is O=C(O)[C@]1(NS(=O)(=O)C=Cc2cccc(C(F)(F)F)c2)C[C@@H]1c1ccccc1. The Hall–Kier alpha value is -2.65. The van der Waals surface area contributed by atoms with Crippen molar-refractivity contribution in [1.29, 1.82) is 0 Å². The Kier molecular flexibility index (Phi) is 5.07. The van der Waals surface area contributed by atoms with E-state index in [1.807, 2.05) is 0 Å². The van der Waals surface area contributed by atoms with Crippen LogP contribution in [-0.2, 0) is 21.0 Å². The average Bonchev–Trinajstić information content (AvgIpc) is 3.35. The molecule has 0 amide bonds. The van der Waals surface area contributed by atoms with Crippen molar-refractivity contribution in [1.82, 2.24) is 4.72 Å². The summed E-state index contributed by atoms with van der Waals surface area (Å²) < 4.78 is 65.1. The highest BCUT2D eigenvalue weighted by molar-refractivity contribution is 7.92. The van der Waals surface area contributed by atoms with Gasteiger partial charge in [-0.25, -0.2) is 8.42 Å². The molecule has 0 radical (unpaired) electrons. The lowest BCUT2D eigenvalue weighted by Gasteiger charge is -2.13. The predicted octanol–water partition coefficient (Wildman–Crippen LogP) is 3.61. The maximum atomic E-state index is 12.7. The van der Waals surface area contributed by atoms with E-state index < -0.39 is 39.2 Å². The van der Waals surface area contributed by atoms with Gasteiger partial charge in [0.15, 0.2) is 0 Å². The van der Waals surface area contributed by atoms with E-state index in [-0.39, 0.29) is 12.0 Å². The van der Waals surface area contributed by atoms with Gasteiger partial charge in [-0.3, -0.25) is 4.79 Å². The second-order valence-electron chi connectivity index (χ2n) is 6.52. The molecule has 5 nitrogen and oxygen atoms in total. The van der Waals surface area contributed by atoms with Crippen LogP contribution in [0.3, 0.4) is 0 Å². The number of benzene rings is 2. The van der Waals surface area contributed by atoms with Crippen LogP contribution in [0, 0.1) is 0 Å². The van der Waals surface area contributed by atoms with Crippen molar-refractivity contribution in [3.8, 4) is 0 Å². The summed E-state index contributed by atoms with van der Waals surface area (Å²) in [6.45, 7) is 0. The molecule has 0 bridgehead atoms. The molecule has 1 aliphatic carbocycles. The number of sulfonamides is 1. The second-order valence-corrected chi connectivity index (χ2v) is 8.08. The van der Waals surface area contributed by atoms with Gasteiger partial charge in [-0.15, -0.1) is 0 Å². The Morgan fingerprint density at radius 3 is 2.43 bits per heavy atom. The molecule has 1 fully saturated rings. The van der Waals surface area contributed by atoms with Crippen molar-refractivity contribution in [2.75, 3.05) is 0 Å². The molecule has 0 spiro atoms. The maximum Gasteiger partial charge on any atom is 0.416 e. The van der Waals surface area contributed by atoms with Crippen molar-refractivity contribution >= 4 is 22.1 Å². The number of hydrogen-bond donors (Lipinski definition) is 2. The fraction of sp³-hybridized carbons (Fsp3) is 0.211. The first kappa shape index (κ1) is 20.1. The maximum absolute atomic E-state index is 12.7. The number of nitrogens with one attached hydrogen (secondary N) is 1. The van der Waals surface area contributed by atoms with E-state index in [2.05, 4.69) is 4.72 Å². The Bertz CT molecular complexity index is 1020. The summed E-state index contributed by atoms with van der Waals surface area (Å²) in [5.74, 6) is -1.83. The van der Waals surface area contributed by atoms with Gasteiger partial charge in [-0.1, -0.05) is 42.5 Å². The van der Waals surface area contributed by atoms with Gasteiger partial charge < -0.3 is 5.11 Å². The summed E-state index contributed by atoms with van der Waals surface area (Å²) in [5, 5.41) is 10.2. The molecule has 0 aromatic heterocycles. The van der Waals surface area contributed by atoms with Crippen LogP contribution in [0.5, 0.6) is 0 Å². The van der Waals surface area contributed by atoms with Gasteiger partial charge in [0.25, 0.3) is 0 Å². The van der Waals surface area contributed by atoms with E-state index >= 15 is 0 Å². The Labute approximate surface area is 159 Å². The summed E-state index contributed by atoms with van der Waals surface area (Å²) in [7, 11) is -4.20. The van der Waals surface area contributed by atoms with E-state index in [1.165, 1.54) is 6.07 Å². The fourth-order valence-corrected chi connectivity index (χ4v) is 4.24. The molecular formula is C19H16F3NO4S. The minimum Gasteiger partial charge on any atom is -0.480 e. The van der Waals surface area contributed by atoms with Gasteiger partial charge in [0, 0.05) is 11.3 Å². The van der Waals surface area contributed by atoms with Crippen LogP contribution >= 0.6 is 0 Å². The monoisotopic (exact) mass is 411 g/mol. The molecule has 0 aliphatic heterocycles. The molecule has 2 atom stereocenters. The smallest absolute Gasteiger partial charge is 0.416 e. The molecule has 2 aromatic carbocycles. The molecule has 148 valence electrons. The van der Waals surface area contributed by atoms with Gasteiger partial charge in [-0.2, -0.15) is 17.9 Å². The average molecular weight is 411 g/mol. The van der Waals surface area contributed by atoms with Crippen LogP contribution in [0.2, 0.25) is 0 Å². The van der Waals surface area contributed by atoms with Gasteiger partial charge >= 0.3 is 12.1 Å². The topological polar surface area (TPSA) is 83.5 Å². The van der Waals surface area contributed by atoms with Gasteiger partial charge in [-0.05, 0) is 35.8 Å². The zero-order valence-electron chi connectivity index (χ0n) is 14.3. The largest absolute Gasteiger partial charge is 0.480 e. The van der Waals surface area contributed by atoms with Crippen LogP contribution < -0.4 is 4.72 Å². The first-order chi connectivity index (χ1) is 13.0. The molecule has 1 aliphatic rings. The molecule has 3 rings (SSSR count). The quantitative estimate of drug-likeness (QED) is 0.761. The lowest BCUT2D eigenvalue weighted by Crippen LogP contribution is -2.43. The molecule has 0 saturated heterocycles. The molecule has 0 unspecified atom stereocenters. The Morgan fingerprint density at radius 1 is 1.14 bits per heavy atom. The van der Waals surface area contributed by atoms with Crippen molar-refractivity contribution in [3.05, 3.63) is 76.7 Å². The number of aliphatic carboxylic acids is 1. The highest BCUT2D eigenvalue weighted by atomic mass is 32.2. The third-order valence-electron chi connectivity index (χ3n) is 4.52. The lowest BCUT2D eigenvalue weighted by atomic mass is 10.1. The van der Waals surface area contributed by atoms with Crippen LogP contribution in [0.25, 0.3) is 6.08 Å². The fourth-order valence-electron chi connectivity index (χ4n) is 3.02. The van der Waals surface area contributed by atoms with Gasteiger partial charge in [0.1, 0.15) is 5.54 Å². The molecular weight excluding hydrogens is 395 g/mol. The number of hydrogen-bond acceptors (Lipinski definition) is 3. The van der Waals surface area contributed by atoms with E-state index in [4.69, 9.17) is 0 Å². The number of carboxylic acid groups (broad SMARTS) is 1. The number of alkyl halides is 3. The first-order valence-corrected chi connectivity index (χ1v) is 9.76. The van der Waals surface area contributed by atoms with Crippen LogP contribution in [0.15, 0.2) is 60.0 Å². The van der Waals surface area contributed by atoms with E-state index in [1.54, 1.807) is 30.3 Å². The Balaban J connectivity index is 1.80. The van der Waals surface area contributed by atoms with Crippen molar-refractivity contribution < 1.29 is 31.5 Å². The van der Waals surface area contributed by atoms with Crippen LogP contribution in [-0.4, -0.2) is 25.0 Å². The summed E-state index contributed by atoms with van der Waals surface area (Å²) in [5.41, 5.74) is -1.86. The molecule has 2 aromatic rings.